The van der Waals surface area contributed by atoms with Crippen LogP contribution in [0.5, 0.6) is 5.75 Å². The standard InChI is InChI=1S/C22H24N2O/c1-24(2)14-18-13-22-17(10-16-6-3-4-9-21(16)23-22)12-20(18)15-7-5-8-19(25)11-15/h3-11,18,20,25H,12-14H2,1-2H3. The van der Waals surface area contributed by atoms with Crippen LogP contribution in [-0.4, -0.2) is 35.6 Å². The van der Waals surface area contributed by atoms with E-state index in [1.54, 1.807) is 6.07 Å². The Balaban J connectivity index is 1.77. The lowest BCUT2D eigenvalue weighted by molar-refractivity contribution is 0.274. The molecule has 0 saturated carbocycles. The Hall–Kier alpha value is -2.39. The van der Waals surface area contributed by atoms with Gasteiger partial charge in [0.1, 0.15) is 5.75 Å². The molecule has 0 spiro atoms. The van der Waals surface area contributed by atoms with E-state index >= 15 is 0 Å². The van der Waals surface area contributed by atoms with E-state index in [9.17, 15) is 5.11 Å². The summed E-state index contributed by atoms with van der Waals surface area (Å²) in [7, 11) is 4.26. The molecule has 2 unspecified atom stereocenters. The van der Waals surface area contributed by atoms with E-state index in [0.29, 0.717) is 17.6 Å². The summed E-state index contributed by atoms with van der Waals surface area (Å²) in [5.74, 6) is 1.26. The fourth-order valence-corrected chi connectivity index (χ4v) is 4.15. The Kier molecular flexibility index (Phi) is 4.18. The number of pyridine rings is 1. The van der Waals surface area contributed by atoms with Gasteiger partial charge in [0.2, 0.25) is 0 Å². The largest absolute Gasteiger partial charge is 0.508 e. The molecule has 2 atom stereocenters. The number of fused-ring (bicyclic) bond motifs is 2. The third-order valence-corrected chi connectivity index (χ3v) is 5.25. The van der Waals surface area contributed by atoms with Crippen molar-refractivity contribution in [3.05, 3.63) is 71.4 Å². The van der Waals surface area contributed by atoms with Crippen molar-refractivity contribution >= 4 is 10.9 Å². The van der Waals surface area contributed by atoms with Gasteiger partial charge >= 0.3 is 0 Å². The molecule has 1 aliphatic carbocycles. The average Bonchev–Trinajstić information content (AvgIpc) is 2.59. The molecule has 0 saturated heterocycles. The first-order valence-electron chi connectivity index (χ1n) is 8.91. The van der Waals surface area contributed by atoms with E-state index in [0.717, 1.165) is 24.9 Å². The van der Waals surface area contributed by atoms with Crippen LogP contribution in [0, 0.1) is 5.92 Å². The highest BCUT2D eigenvalue weighted by Gasteiger charge is 2.31. The van der Waals surface area contributed by atoms with Gasteiger partial charge in [-0.15, -0.1) is 0 Å². The minimum atomic E-state index is 0.350. The smallest absolute Gasteiger partial charge is 0.115 e. The number of aromatic nitrogens is 1. The van der Waals surface area contributed by atoms with E-state index in [1.807, 2.05) is 12.1 Å². The quantitative estimate of drug-likeness (QED) is 0.787. The predicted octanol–water partition coefficient (Wildman–Crippen LogP) is 4.00. The summed E-state index contributed by atoms with van der Waals surface area (Å²) in [5, 5.41) is 11.1. The Morgan fingerprint density at radius 1 is 1.04 bits per heavy atom. The van der Waals surface area contributed by atoms with Crippen LogP contribution in [0.15, 0.2) is 54.6 Å². The zero-order chi connectivity index (χ0) is 17.4. The van der Waals surface area contributed by atoms with Crippen LogP contribution in [0.1, 0.15) is 22.7 Å². The van der Waals surface area contributed by atoms with Crippen LogP contribution in [-0.2, 0) is 12.8 Å². The monoisotopic (exact) mass is 332 g/mol. The fourth-order valence-electron chi connectivity index (χ4n) is 4.15. The van der Waals surface area contributed by atoms with Gasteiger partial charge in [0.25, 0.3) is 0 Å². The molecule has 0 bridgehead atoms. The van der Waals surface area contributed by atoms with Gasteiger partial charge in [-0.05, 0) is 74.2 Å². The molecule has 2 aromatic carbocycles. The highest BCUT2D eigenvalue weighted by molar-refractivity contribution is 5.79. The molecule has 3 nitrogen and oxygen atoms in total. The van der Waals surface area contributed by atoms with Gasteiger partial charge in [0.15, 0.2) is 0 Å². The lowest BCUT2D eigenvalue weighted by atomic mass is 9.74. The molecular formula is C22H24N2O. The Labute approximate surface area is 148 Å². The van der Waals surface area contributed by atoms with E-state index in [1.165, 1.54) is 22.2 Å². The molecule has 1 heterocycles. The van der Waals surface area contributed by atoms with Gasteiger partial charge in [-0.25, -0.2) is 0 Å². The SMILES string of the molecule is CN(C)CC1Cc2nc3ccccc3cc2CC1c1cccc(O)c1. The molecule has 128 valence electrons. The first kappa shape index (κ1) is 16.1. The molecule has 3 heteroatoms. The third-order valence-electron chi connectivity index (χ3n) is 5.25. The number of phenols is 1. The van der Waals surface area contributed by atoms with Crippen LogP contribution in [0.4, 0.5) is 0 Å². The van der Waals surface area contributed by atoms with Crippen LogP contribution in [0.2, 0.25) is 0 Å². The minimum absolute atomic E-state index is 0.350. The van der Waals surface area contributed by atoms with Crippen LogP contribution < -0.4 is 0 Å². The van der Waals surface area contributed by atoms with E-state index < -0.39 is 0 Å². The van der Waals surface area contributed by atoms with Gasteiger partial charge < -0.3 is 10.0 Å². The van der Waals surface area contributed by atoms with Crippen molar-refractivity contribution in [2.24, 2.45) is 5.92 Å². The number of hydrogen-bond acceptors (Lipinski definition) is 3. The van der Waals surface area contributed by atoms with Crippen LogP contribution in [0.3, 0.4) is 0 Å². The second-order valence-electron chi connectivity index (χ2n) is 7.42. The van der Waals surface area contributed by atoms with Crippen molar-refractivity contribution in [3.63, 3.8) is 0 Å². The molecule has 4 rings (SSSR count). The number of rotatable bonds is 3. The number of para-hydroxylation sites is 1. The highest BCUT2D eigenvalue weighted by Crippen LogP contribution is 2.38. The van der Waals surface area contributed by atoms with Gasteiger partial charge in [0.05, 0.1) is 5.52 Å². The Morgan fingerprint density at radius 2 is 1.88 bits per heavy atom. The predicted molar refractivity (Wildman–Crippen MR) is 102 cm³/mol. The number of nitrogens with zero attached hydrogens (tertiary/aromatic N) is 2. The minimum Gasteiger partial charge on any atom is -0.508 e. The number of aromatic hydroxyl groups is 1. The second-order valence-corrected chi connectivity index (χ2v) is 7.42. The van der Waals surface area contributed by atoms with Crippen molar-refractivity contribution in [1.29, 1.82) is 0 Å². The maximum absolute atomic E-state index is 9.93. The zero-order valence-corrected chi connectivity index (χ0v) is 14.8. The fraction of sp³-hybridized carbons (Fsp3) is 0.318. The summed E-state index contributed by atoms with van der Waals surface area (Å²) in [6.07, 6.45) is 1.97. The lowest BCUT2D eigenvalue weighted by Gasteiger charge is -2.35. The maximum Gasteiger partial charge on any atom is 0.115 e. The summed E-state index contributed by atoms with van der Waals surface area (Å²) in [6, 6.07) is 18.4. The van der Waals surface area contributed by atoms with Crippen LogP contribution >= 0.6 is 0 Å². The summed E-state index contributed by atoms with van der Waals surface area (Å²) in [4.78, 5) is 7.21. The van der Waals surface area contributed by atoms with Crippen molar-refractivity contribution in [2.45, 2.75) is 18.8 Å². The zero-order valence-electron chi connectivity index (χ0n) is 14.8. The van der Waals surface area contributed by atoms with E-state index in [2.05, 4.69) is 55.4 Å². The third kappa shape index (κ3) is 3.24. The van der Waals surface area contributed by atoms with E-state index in [-0.39, 0.29) is 0 Å². The average molecular weight is 332 g/mol. The van der Waals surface area contributed by atoms with Crippen LogP contribution in [0.25, 0.3) is 10.9 Å². The Morgan fingerprint density at radius 3 is 2.68 bits per heavy atom. The van der Waals surface area contributed by atoms with E-state index in [4.69, 9.17) is 4.98 Å². The molecule has 3 aromatic rings. The first-order chi connectivity index (χ1) is 12.1. The summed E-state index contributed by atoms with van der Waals surface area (Å²) in [5.41, 5.74) is 4.90. The molecule has 1 aliphatic rings. The first-order valence-corrected chi connectivity index (χ1v) is 8.91. The van der Waals surface area contributed by atoms with Gasteiger partial charge in [-0.1, -0.05) is 30.3 Å². The molecule has 1 aromatic heterocycles. The van der Waals surface area contributed by atoms with Gasteiger partial charge in [0, 0.05) is 17.6 Å². The molecule has 0 aliphatic heterocycles. The highest BCUT2D eigenvalue weighted by atomic mass is 16.3. The maximum atomic E-state index is 9.93. The summed E-state index contributed by atoms with van der Waals surface area (Å²) >= 11 is 0. The molecule has 0 amide bonds. The molecule has 25 heavy (non-hydrogen) atoms. The lowest BCUT2D eigenvalue weighted by Crippen LogP contribution is -2.33. The number of benzene rings is 2. The normalized spacial score (nSPS) is 20.0. The van der Waals surface area contributed by atoms with Crippen molar-refractivity contribution in [3.8, 4) is 5.75 Å². The Bertz CT molecular complexity index is 903. The number of phenolic OH excluding ortho intramolecular Hbond substituents is 1. The second kappa shape index (κ2) is 6.49. The topological polar surface area (TPSA) is 36.4 Å². The van der Waals surface area contributed by atoms with Gasteiger partial charge in [-0.2, -0.15) is 0 Å². The molecule has 0 fully saturated rings. The number of hydrogen-bond donors (Lipinski definition) is 1. The summed E-state index contributed by atoms with van der Waals surface area (Å²) in [6.45, 7) is 1.02. The van der Waals surface area contributed by atoms with Crippen molar-refractivity contribution in [2.75, 3.05) is 20.6 Å². The van der Waals surface area contributed by atoms with Gasteiger partial charge in [-0.3, -0.25) is 4.98 Å². The van der Waals surface area contributed by atoms with Crippen molar-refractivity contribution < 1.29 is 5.11 Å². The molecule has 0 radical (unpaired) electrons. The summed E-state index contributed by atoms with van der Waals surface area (Å²) < 4.78 is 0. The van der Waals surface area contributed by atoms with Crippen molar-refractivity contribution in [1.82, 2.24) is 9.88 Å². The molecule has 1 N–H and O–H groups in total. The molecular weight excluding hydrogens is 308 g/mol.